The van der Waals surface area contributed by atoms with Gasteiger partial charge in [-0.05, 0) is 93.7 Å². The third-order valence-electron chi connectivity index (χ3n) is 7.50. The van der Waals surface area contributed by atoms with Gasteiger partial charge in [-0.25, -0.2) is 0 Å². The molecule has 0 radical (unpaired) electrons. The van der Waals surface area contributed by atoms with Crippen LogP contribution in [0.25, 0.3) is 0 Å². The summed E-state index contributed by atoms with van der Waals surface area (Å²) in [4.78, 5) is 25.9. The Balaban J connectivity index is 1.31. The molecule has 144 valence electrons. The van der Waals surface area contributed by atoms with Gasteiger partial charge in [0.2, 0.25) is 5.78 Å². The summed E-state index contributed by atoms with van der Waals surface area (Å²) >= 11 is 0. The summed E-state index contributed by atoms with van der Waals surface area (Å²) in [6.07, 6.45) is 7.37. The van der Waals surface area contributed by atoms with Crippen molar-refractivity contribution in [2.45, 2.75) is 76.4 Å². The third kappa shape index (κ3) is 2.84. The number of hydrogen-bond acceptors (Lipinski definition) is 4. The summed E-state index contributed by atoms with van der Waals surface area (Å²) in [5.74, 6) is 0.455. The second-order valence-corrected chi connectivity index (χ2v) is 9.71. The Bertz CT molecular complexity index is 797. The summed E-state index contributed by atoms with van der Waals surface area (Å²) in [5.41, 5.74) is 1.95. The van der Waals surface area contributed by atoms with E-state index in [1.165, 1.54) is 11.1 Å². The summed E-state index contributed by atoms with van der Waals surface area (Å²) in [5, 5.41) is 10.9. The zero-order valence-electron chi connectivity index (χ0n) is 16.0. The highest BCUT2D eigenvalue weighted by atomic mass is 16.5. The summed E-state index contributed by atoms with van der Waals surface area (Å²) in [6, 6.07) is 5.88. The van der Waals surface area contributed by atoms with Crippen LogP contribution in [-0.2, 0) is 22.4 Å². The van der Waals surface area contributed by atoms with E-state index in [-0.39, 0.29) is 11.8 Å². The highest BCUT2D eigenvalue weighted by Gasteiger charge is 2.61. The smallest absolute Gasteiger partial charge is 0.312 e. The topological polar surface area (TPSA) is 63.6 Å². The van der Waals surface area contributed by atoms with E-state index in [0.717, 1.165) is 51.4 Å². The molecule has 5 atom stereocenters. The Morgan fingerprint density at radius 2 is 1.81 bits per heavy atom. The molecule has 0 spiro atoms. The lowest BCUT2D eigenvalue weighted by Crippen LogP contribution is -2.58. The molecule has 4 bridgehead atoms. The fourth-order valence-corrected chi connectivity index (χ4v) is 6.75. The lowest BCUT2D eigenvalue weighted by Gasteiger charge is -2.58. The van der Waals surface area contributed by atoms with Gasteiger partial charge in [0.25, 0.3) is 0 Å². The molecule has 4 fully saturated rings. The SMILES string of the molecule is C[C@H](OC(=O)C12C[C@@H]3C[C@@H](CC(O)(C3)C1)C2)C(=O)c1ccc2c(c1)CCC2. The Morgan fingerprint density at radius 3 is 2.52 bits per heavy atom. The average Bonchev–Trinajstić information content (AvgIpc) is 3.06. The second-order valence-electron chi connectivity index (χ2n) is 9.71. The zero-order valence-corrected chi connectivity index (χ0v) is 16.0. The number of benzene rings is 1. The summed E-state index contributed by atoms with van der Waals surface area (Å²) in [7, 11) is 0. The van der Waals surface area contributed by atoms with Gasteiger partial charge in [0.05, 0.1) is 11.0 Å². The van der Waals surface area contributed by atoms with Crippen LogP contribution in [0.15, 0.2) is 18.2 Å². The molecule has 4 heteroatoms. The number of carbonyl (C=O) groups excluding carboxylic acids is 2. The van der Waals surface area contributed by atoms with Crippen molar-refractivity contribution >= 4 is 11.8 Å². The Morgan fingerprint density at radius 1 is 1.11 bits per heavy atom. The molecule has 2 unspecified atom stereocenters. The fraction of sp³-hybridized carbons (Fsp3) is 0.652. The molecule has 0 heterocycles. The van der Waals surface area contributed by atoms with Crippen LogP contribution in [0.5, 0.6) is 0 Å². The number of hydrogen-bond donors (Lipinski definition) is 1. The molecular weight excluding hydrogens is 340 g/mol. The molecule has 1 aromatic carbocycles. The average molecular weight is 368 g/mol. The van der Waals surface area contributed by atoms with Crippen molar-refractivity contribution in [3.63, 3.8) is 0 Å². The fourth-order valence-electron chi connectivity index (χ4n) is 6.75. The quantitative estimate of drug-likeness (QED) is 0.651. The van der Waals surface area contributed by atoms with Crippen molar-refractivity contribution in [2.24, 2.45) is 17.3 Å². The van der Waals surface area contributed by atoms with Crippen LogP contribution in [0.2, 0.25) is 0 Å². The van der Waals surface area contributed by atoms with Gasteiger partial charge in [-0.3, -0.25) is 9.59 Å². The Kier molecular flexibility index (Phi) is 3.81. The molecule has 5 aliphatic rings. The molecule has 4 nitrogen and oxygen atoms in total. The molecule has 0 saturated heterocycles. The van der Waals surface area contributed by atoms with Crippen LogP contribution in [0.1, 0.15) is 73.4 Å². The number of Topliss-reactive ketones (excluding diaryl/α,β-unsaturated/α-hetero) is 1. The Hall–Kier alpha value is -1.68. The highest BCUT2D eigenvalue weighted by molar-refractivity contribution is 6.00. The van der Waals surface area contributed by atoms with Crippen molar-refractivity contribution in [3.05, 3.63) is 34.9 Å². The highest BCUT2D eigenvalue weighted by Crippen LogP contribution is 2.62. The largest absolute Gasteiger partial charge is 0.454 e. The predicted octanol–water partition coefficient (Wildman–Crippen LogP) is 3.62. The van der Waals surface area contributed by atoms with Gasteiger partial charge in [0, 0.05) is 5.56 Å². The monoisotopic (exact) mass is 368 g/mol. The molecule has 1 N–H and O–H groups in total. The molecule has 6 rings (SSSR count). The normalized spacial score (nSPS) is 37.1. The van der Waals surface area contributed by atoms with Crippen LogP contribution in [0.4, 0.5) is 0 Å². The van der Waals surface area contributed by atoms with Crippen molar-refractivity contribution in [2.75, 3.05) is 0 Å². The van der Waals surface area contributed by atoms with E-state index < -0.39 is 17.1 Å². The maximum atomic E-state index is 13.1. The van der Waals surface area contributed by atoms with Gasteiger partial charge in [0.15, 0.2) is 6.10 Å². The minimum atomic E-state index is -0.778. The van der Waals surface area contributed by atoms with Gasteiger partial charge in [0.1, 0.15) is 0 Å². The van der Waals surface area contributed by atoms with Gasteiger partial charge >= 0.3 is 5.97 Å². The molecule has 0 amide bonds. The first-order valence-corrected chi connectivity index (χ1v) is 10.5. The van der Waals surface area contributed by atoms with Crippen LogP contribution >= 0.6 is 0 Å². The molecule has 0 aromatic heterocycles. The molecule has 1 aromatic rings. The van der Waals surface area contributed by atoms with E-state index in [1.807, 2.05) is 18.2 Å². The number of fused-ring (bicyclic) bond motifs is 1. The molecule has 0 aliphatic heterocycles. The number of ether oxygens (including phenoxy) is 1. The van der Waals surface area contributed by atoms with Crippen LogP contribution in [0, 0.1) is 17.3 Å². The van der Waals surface area contributed by atoms with Gasteiger partial charge in [-0.2, -0.15) is 0 Å². The standard InChI is InChI=1S/C23H28O4/c1-14(20(24)19-6-5-17-3-2-4-18(17)8-19)27-21(25)22-9-15-7-16(10-22)12-23(26,11-15)13-22/h5-6,8,14-16,26H,2-4,7,9-13H2,1H3/t14-,15-,16+,22?,23?/m0/s1. The maximum absolute atomic E-state index is 13.1. The molecule has 27 heavy (non-hydrogen) atoms. The van der Waals surface area contributed by atoms with Crippen LogP contribution < -0.4 is 0 Å². The zero-order chi connectivity index (χ0) is 18.8. The Labute approximate surface area is 160 Å². The third-order valence-corrected chi connectivity index (χ3v) is 7.50. The van der Waals surface area contributed by atoms with Crippen LogP contribution in [-0.4, -0.2) is 28.6 Å². The van der Waals surface area contributed by atoms with E-state index in [1.54, 1.807) is 6.92 Å². The summed E-state index contributed by atoms with van der Waals surface area (Å²) < 4.78 is 5.72. The number of aliphatic hydroxyl groups is 1. The molecule has 4 saturated carbocycles. The number of ketones is 1. The lowest BCUT2D eigenvalue weighted by atomic mass is 9.48. The first-order valence-electron chi connectivity index (χ1n) is 10.5. The first kappa shape index (κ1) is 17.4. The predicted molar refractivity (Wildman–Crippen MR) is 100 cm³/mol. The summed E-state index contributed by atoms with van der Waals surface area (Å²) in [6.45, 7) is 1.68. The minimum Gasteiger partial charge on any atom is -0.454 e. The first-order chi connectivity index (χ1) is 12.9. The minimum absolute atomic E-state index is 0.124. The van der Waals surface area contributed by atoms with Crippen molar-refractivity contribution in [1.82, 2.24) is 0 Å². The number of carbonyl (C=O) groups is 2. The lowest BCUT2D eigenvalue weighted by molar-refractivity contribution is -0.197. The van der Waals surface area contributed by atoms with E-state index in [0.29, 0.717) is 23.8 Å². The van der Waals surface area contributed by atoms with E-state index in [2.05, 4.69) is 0 Å². The van der Waals surface area contributed by atoms with Gasteiger partial charge in [-0.15, -0.1) is 0 Å². The van der Waals surface area contributed by atoms with Gasteiger partial charge < -0.3 is 9.84 Å². The molecule has 5 aliphatic carbocycles. The number of rotatable bonds is 4. The number of aryl methyl sites for hydroxylation is 2. The van der Waals surface area contributed by atoms with Crippen LogP contribution in [0.3, 0.4) is 0 Å². The second kappa shape index (κ2) is 5.91. The van der Waals surface area contributed by atoms with E-state index in [4.69, 9.17) is 4.74 Å². The van der Waals surface area contributed by atoms with Gasteiger partial charge in [-0.1, -0.05) is 12.1 Å². The van der Waals surface area contributed by atoms with Crippen molar-refractivity contribution in [3.8, 4) is 0 Å². The number of esters is 1. The van der Waals surface area contributed by atoms with Crippen molar-refractivity contribution in [1.29, 1.82) is 0 Å². The van der Waals surface area contributed by atoms with E-state index >= 15 is 0 Å². The maximum Gasteiger partial charge on any atom is 0.312 e. The molecular formula is C23H28O4. The van der Waals surface area contributed by atoms with E-state index in [9.17, 15) is 14.7 Å². The van der Waals surface area contributed by atoms with Crippen molar-refractivity contribution < 1.29 is 19.4 Å².